The van der Waals surface area contributed by atoms with E-state index in [9.17, 15) is 0 Å². The maximum atomic E-state index is 4.36. The summed E-state index contributed by atoms with van der Waals surface area (Å²) < 4.78 is 1.76. The lowest BCUT2D eigenvalue weighted by atomic mass is 10.6. The Morgan fingerprint density at radius 3 is 3.14 bits per heavy atom. The molecule has 0 unspecified atom stereocenters. The minimum Gasteiger partial charge on any atom is -0.307 e. The monoisotopic (exact) mass is 209 g/mol. The van der Waals surface area contributed by atoms with E-state index in [1.807, 2.05) is 13.0 Å². The van der Waals surface area contributed by atoms with E-state index in [1.54, 1.807) is 15.9 Å². The molecule has 2 heterocycles. The molecule has 2 aromatic heterocycles. The minimum atomic E-state index is 0.749. The summed E-state index contributed by atoms with van der Waals surface area (Å²) in [6, 6.07) is 0. The molecule has 0 spiro atoms. The summed E-state index contributed by atoms with van der Waals surface area (Å²) in [6.45, 7) is 7.06. The average Bonchev–Trinajstić information content (AvgIpc) is 2.70. The molecule has 0 bridgehead atoms. The van der Waals surface area contributed by atoms with Gasteiger partial charge in [-0.1, -0.05) is 17.4 Å². The molecule has 0 fully saturated rings. The third kappa shape index (κ3) is 1.66. The van der Waals surface area contributed by atoms with Gasteiger partial charge in [-0.3, -0.25) is 0 Å². The summed E-state index contributed by atoms with van der Waals surface area (Å²) in [4.78, 5) is 0.845. The lowest BCUT2D eigenvalue weighted by Gasteiger charge is -1.94. The third-order valence-corrected chi connectivity index (χ3v) is 2.65. The molecular formula is C8H11N5S. The van der Waals surface area contributed by atoms with Crippen molar-refractivity contribution >= 4 is 16.3 Å². The van der Waals surface area contributed by atoms with Gasteiger partial charge in [-0.2, -0.15) is 9.61 Å². The van der Waals surface area contributed by atoms with Gasteiger partial charge >= 0.3 is 0 Å². The number of rotatable bonds is 4. The van der Waals surface area contributed by atoms with Gasteiger partial charge in [-0.15, -0.1) is 16.8 Å². The fourth-order valence-electron chi connectivity index (χ4n) is 1.11. The minimum absolute atomic E-state index is 0.749. The topological polar surface area (TPSA) is 55.1 Å². The normalized spacial score (nSPS) is 10.9. The molecule has 0 aliphatic carbocycles. The second-order valence-electron chi connectivity index (χ2n) is 2.86. The summed E-state index contributed by atoms with van der Waals surface area (Å²) in [5.74, 6) is 0.825. The Bertz CT molecular complexity index is 443. The SMILES string of the molecule is C=CCNCc1nn2c(C)nnc2s1. The highest BCUT2D eigenvalue weighted by Gasteiger charge is 2.07. The maximum absolute atomic E-state index is 4.36. The van der Waals surface area contributed by atoms with Crippen LogP contribution in [0.15, 0.2) is 12.7 Å². The molecule has 1 N–H and O–H groups in total. The van der Waals surface area contributed by atoms with Crippen molar-refractivity contribution < 1.29 is 0 Å². The first kappa shape index (κ1) is 9.29. The molecule has 0 aliphatic rings. The quantitative estimate of drug-likeness (QED) is 0.597. The zero-order valence-corrected chi connectivity index (χ0v) is 8.71. The molecule has 0 radical (unpaired) electrons. The van der Waals surface area contributed by atoms with E-state index < -0.39 is 0 Å². The Morgan fingerprint density at radius 1 is 1.57 bits per heavy atom. The number of fused-ring (bicyclic) bond motifs is 1. The summed E-state index contributed by atoms with van der Waals surface area (Å²) in [5, 5.41) is 16.5. The van der Waals surface area contributed by atoms with Gasteiger partial charge in [0.2, 0.25) is 4.96 Å². The molecule has 0 saturated heterocycles. The highest BCUT2D eigenvalue weighted by atomic mass is 32.1. The first-order chi connectivity index (χ1) is 6.81. The van der Waals surface area contributed by atoms with Crippen LogP contribution in [0.4, 0.5) is 0 Å². The highest BCUT2D eigenvalue weighted by molar-refractivity contribution is 7.16. The lowest BCUT2D eigenvalue weighted by Crippen LogP contribution is -2.12. The molecule has 6 heteroatoms. The van der Waals surface area contributed by atoms with E-state index in [2.05, 4.69) is 27.2 Å². The first-order valence-corrected chi connectivity index (χ1v) is 5.12. The standard InChI is InChI=1S/C8H11N5S/c1-3-4-9-5-7-12-13-6(2)10-11-8(13)14-7/h3,9H,1,4-5H2,2H3. The predicted octanol–water partition coefficient (Wildman–Crippen LogP) is 0.770. The molecule has 2 aromatic rings. The van der Waals surface area contributed by atoms with Crippen molar-refractivity contribution in [1.82, 2.24) is 25.1 Å². The Balaban J connectivity index is 2.14. The van der Waals surface area contributed by atoms with E-state index in [0.717, 1.165) is 28.9 Å². The van der Waals surface area contributed by atoms with Crippen LogP contribution in [0.2, 0.25) is 0 Å². The number of aryl methyl sites for hydroxylation is 1. The van der Waals surface area contributed by atoms with Crippen molar-refractivity contribution in [1.29, 1.82) is 0 Å². The van der Waals surface area contributed by atoms with E-state index in [0.29, 0.717) is 0 Å². The van der Waals surface area contributed by atoms with Gasteiger partial charge in [-0.25, -0.2) is 0 Å². The van der Waals surface area contributed by atoms with Gasteiger partial charge in [0.25, 0.3) is 0 Å². The Labute approximate surface area is 85.5 Å². The second kappa shape index (κ2) is 3.85. The Hall–Kier alpha value is -1.27. The zero-order valence-electron chi connectivity index (χ0n) is 7.90. The molecule has 2 rings (SSSR count). The van der Waals surface area contributed by atoms with E-state index in [4.69, 9.17) is 0 Å². The summed E-state index contributed by atoms with van der Waals surface area (Å²) in [7, 11) is 0. The van der Waals surface area contributed by atoms with Gasteiger partial charge in [0.05, 0.1) is 0 Å². The molecule has 5 nitrogen and oxygen atoms in total. The number of aromatic nitrogens is 4. The van der Waals surface area contributed by atoms with Crippen LogP contribution in [0.5, 0.6) is 0 Å². The van der Waals surface area contributed by atoms with E-state index >= 15 is 0 Å². The van der Waals surface area contributed by atoms with Crippen molar-refractivity contribution in [2.24, 2.45) is 0 Å². The Morgan fingerprint density at radius 2 is 2.43 bits per heavy atom. The third-order valence-electron chi connectivity index (χ3n) is 1.75. The van der Waals surface area contributed by atoms with Crippen LogP contribution in [0.1, 0.15) is 10.8 Å². The van der Waals surface area contributed by atoms with Gasteiger partial charge in [-0.05, 0) is 6.92 Å². The molecule has 0 atom stereocenters. The molecule has 0 aliphatic heterocycles. The second-order valence-corrected chi connectivity index (χ2v) is 3.90. The number of hydrogen-bond donors (Lipinski definition) is 1. The van der Waals surface area contributed by atoms with Gasteiger partial charge in [0, 0.05) is 13.1 Å². The summed E-state index contributed by atoms with van der Waals surface area (Å²) >= 11 is 1.55. The van der Waals surface area contributed by atoms with E-state index in [-0.39, 0.29) is 0 Å². The largest absolute Gasteiger partial charge is 0.307 e. The number of hydrogen-bond acceptors (Lipinski definition) is 5. The molecule has 14 heavy (non-hydrogen) atoms. The molecule has 74 valence electrons. The predicted molar refractivity (Wildman–Crippen MR) is 55.3 cm³/mol. The smallest absolute Gasteiger partial charge is 0.234 e. The van der Waals surface area contributed by atoms with Crippen LogP contribution < -0.4 is 5.32 Å². The van der Waals surface area contributed by atoms with Crippen LogP contribution in [0, 0.1) is 6.92 Å². The maximum Gasteiger partial charge on any atom is 0.234 e. The number of nitrogens with one attached hydrogen (secondary N) is 1. The summed E-state index contributed by atoms with van der Waals surface area (Å²) in [5.41, 5.74) is 0. The van der Waals surface area contributed by atoms with Crippen LogP contribution in [0.3, 0.4) is 0 Å². The molecule has 0 saturated carbocycles. The number of nitrogens with zero attached hydrogens (tertiary/aromatic N) is 4. The van der Waals surface area contributed by atoms with Gasteiger partial charge < -0.3 is 5.32 Å². The van der Waals surface area contributed by atoms with Gasteiger partial charge in [0.15, 0.2) is 5.82 Å². The van der Waals surface area contributed by atoms with Gasteiger partial charge in [0.1, 0.15) is 5.01 Å². The Kier molecular flexibility index (Phi) is 2.55. The fraction of sp³-hybridized carbons (Fsp3) is 0.375. The fourth-order valence-corrected chi connectivity index (χ4v) is 1.96. The molecule has 0 amide bonds. The van der Waals surface area contributed by atoms with Crippen molar-refractivity contribution in [3.63, 3.8) is 0 Å². The van der Waals surface area contributed by atoms with E-state index in [1.165, 1.54) is 0 Å². The summed E-state index contributed by atoms with van der Waals surface area (Å²) in [6.07, 6.45) is 1.82. The van der Waals surface area contributed by atoms with Crippen molar-refractivity contribution in [2.75, 3.05) is 6.54 Å². The van der Waals surface area contributed by atoms with Crippen LogP contribution >= 0.6 is 11.3 Å². The lowest BCUT2D eigenvalue weighted by molar-refractivity contribution is 0.731. The van der Waals surface area contributed by atoms with Crippen LogP contribution in [-0.4, -0.2) is 26.4 Å². The van der Waals surface area contributed by atoms with Crippen molar-refractivity contribution in [2.45, 2.75) is 13.5 Å². The molecule has 0 aromatic carbocycles. The average molecular weight is 209 g/mol. The van der Waals surface area contributed by atoms with Crippen molar-refractivity contribution in [3.05, 3.63) is 23.5 Å². The van der Waals surface area contributed by atoms with Crippen LogP contribution in [0.25, 0.3) is 4.96 Å². The highest BCUT2D eigenvalue weighted by Crippen LogP contribution is 2.12. The van der Waals surface area contributed by atoms with Crippen LogP contribution in [-0.2, 0) is 6.54 Å². The molecular weight excluding hydrogens is 198 g/mol. The van der Waals surface area contributed by atoms with Crippen molar-refractivity contribution in [3.8, 4) is 0 Å². The first-order valence-electron chi connectivity index (χ1n) is 4.30. The zero-order chi connectivity index (χ0) is 9.97.